The first-order valence-corrected chi connectivity index (χ1v) is 10.5. The van der Waals surface area contributed by atoms with Gasteiger partial charge in [-0.25, -0.2) is 4.79 Å². The fourth-order valence-electron chi connectivity index (χ4n) is 2.74. The van der Waals surface area contributed by atoms with Gasteiger partial charge in [-0.05, 0) is 19.3 Å². The standard InChI is InChI=1S/C19H30N6O11/c20-8(7-15(30)31)16(32)23-9(1-4-12(21)26)17(33)24-10(2-5-13(22)27)18(34)25-11(19(35)36)3-6-14(28)29/h8-11H,1-7,20H2,(H2,21,26)(H2,22,27)(H,23,32)(H,24,33)(H,25,34)(H,28,29)(H,30,31)(H,35,36). The molecule has 0 saturated carbocycles. The average Bonchev–Trinajstić information content (AvgIpc) is 2.75. The Morgan fingerprint density at radius 3 is 1.33 bits per heavy atom. The zero-order valence-electron chi connectivity index (χ0n) is 19.1. The third-order valence-corrected chi connectivity index (χ3v) is 4.62. The van der Waals surface area contributed by atoms with Crippen molar-refractivity contribution < 1.29 is 53.7 Å². The highest BCUT2D eigenvalue weighted by Gasteiger charge is 2.31. The third-order valence-electron chi connectivity index (χ3n) is 4.62. The fraction of sp³-hybridized carbons (Fsp3) is 0.579. The van der Waals surface area contributed by atoms with Crippen molar-refractivity contribution in [2.45, 2.75) is 69.1 Å². The van der Waals surface area contributed by atoms with E-state index in [0.717, 1.165) is 0 Å². The first-order valence-electron chi connectivity index (χ1n) is 10.5. The molecule has 12 N–H and O–H groups in total. The minimum atomic E-state index is -1.64. The van der Waals surface area contributed by atoms with Gasteiger partial charge >= 0.3 is 17.9 Å². The maximum Gasteiger partial charge on any atom is 0.326 e. The van der Waals surface area contributed by atoms with Crippen LogP contribution in [0.1, 0.15) is 44.9 Å². The van der Waals surface area contributed by atoms with Gasteiger partial charge in [0.15, 0.2) is 0 Å². The second kappa shape index (κ2) is 15.6. The fourth-order valence-corrected chi connectivity index (χ4v) is 2.74. The number of carboxylic acid groups (broad SMARTS) is 3. The van der Waals surface area contributed by atoms with E-state index in [1.165, 1.54) is 0 Å². The zero-order valence-corrected chi connectivity index (χ0v) is 19.1. The van der Waals surface area contributed by atoms with E-state index in [9.17, 15) is 43.5 Å². The third kappa shape index (κ3) is 13.4. The highest BCUT2D eigenvalue weighted by molar-refractivity contribution is 5.95. The predicted octanol–water partition coefficient (Wildman–Crippen LogP) is -4.28. The molecule has 0 heterocycles. The SMILES string of the molecule is NC(=O)CCC(NC(=O)C(N)CC(=O)O)C(=O)NC(CCC(N)=O)C(=O)NC(CCC(=O)O)C(=O)O. The number of rotatable bonds is 18. The summed E-state index contributed by atoms with van der Waals surface area (Å²) in [4.78, 5) is 92.8. The Bertz CT molecular complexity index is 878. The minimum Gasteiger partial charge on any atom is -0.481 e. The van der Waals surface area contributed by atoms with Crippen LogP contribution in [0.25, 0.3) is 0 Å². The van der Waals surface area contributed by atoms with Gasteiger partial charge in [0.2, 0.25) is 29.5 Å². The minimum absolute atomic E-state index is 0.368. The lowest BCUT2D eigenvalue weighted by Gasteiger charge is -2.24. The monoisotopic (exact) mass is 518 g/mol. The summed E-state index contributed by atoms with van der Waals surface area (Å²) in [5.41, 5.74) is 15.6. The lowest BCUT2D eigenvalue weighted by atomic mass is 10.1. The Morgan fingerprint density at radius 2 is 0.972 bits per heavy atom. The number of aliphatic carboxylic acids is 3. The van der Waals surface area contributed by atoms with Gasteiger partial charge in [-0.2, -0.15) is 0 Å². The van der Waals surface area contributed by atoms with Crippen LogP contribution < -0.4 is 33.2 Å². The molecule has 202 valence electrons. The van der Waals surface area contributed by atoms with Crippen molar-refractivity contribution in [1.29, 1.82) is 0 Å². The Labute approximate surface area is 204 Å². The van der Waals surface area contributed by atoms with E-state index in [4.69, 9.17) is 27.4 Å². The maximum absolute atomic E-state index is 12.8. The van der Waals surface area contributed by atoms with Crippen molar-refractivity contribution in [3.05, 3.63) is 0 Å². The molecule has 0 bridgehead atoms. The van der Waals surface area contributed by atoms with Crippen molar-refractivity contribution in [2.24, 2.45) is 17.2 Å². The number of hydrogen-bond acceptors (Lipinski definition) is 9. The molecule has 0 aromatic carbocycles. The van der Waals surface area contributed by atoms with E-state index >= 15 is 0 Å². The zero-order chi connectivity index (χ0) is 28.0. The summed E-state index contributed by atoms with van der Waals surface area (Å²) in [7, 11) is 0. The quantitative estimate of drug-likeness (QED) is 0.0832. The Balaban J connectivity index is 5.66. The van der Waals surface area contributed by atoms with E-state index in [-0.39, 0.29) is 6.42 Å². The van der Waals surface area contributed by atoms with Gasteiger partial charge in [0.1, 0.15) is 18.1 Å². The Kier molecular flexibility index (Phi) is 13.7. The van der Waals surface area contributed by atoms with Crippen molar-refractivity contribution in [3.8, 4) is 0 Å². The summed E-state index contributed by atoms with van der Waals surface area (Å²) in [6.45, 7) is 0. The van der Waals surface area contributed by atoms with Crippen molar-refractivity contribution in [1.82, 2.24) is 16.0 Å². The number of carbonyl (C=O) groups is 8. The van der Waals surface area contributed by atoms with Crippen LogP contribution in [0.3, 0.4) is 0 Å². The van der Waals surface area contributed by atoms with E-state index in [1.807, 2.05) is 0 Å². The second-order valence-electron chi connectivity index (χ2n) is 7.67. The number of carbonyl (C=O) groups excluding carboxylic acids is 5. The molecule has 0 radical (unpaired) electrons. The van der Waals surface area contributed by atoms with E-state index < -0.39 is 110 Å². The number of amides is 5. The van der Waals surface area contributed by atoms with Crippen LogP contribution in [0, 0.1) is 0 Å². The molecule has 5 amide bonds. The van der Waals surface area contributed by atoms with Crippen LogP contribution in [0.15, 0.2) is 0 Å². The first-order chi connectivity index (χ1) is 16.6. The van der Waals surface area contributed by atoms with Gasteiger partial charge in [-0.15, -0.1) is 0 Å². The van der Waals surface area contributed by atoms with Crippen LogP contribution in [0.2, 0.25) is 0 Å². The van der Waals surface area contributed by atoms with Gasteiger partial charge in [-0.1, -0.05) is 0 Å². The number of carboxylic acids is 3. The first kappa shape index (κ1) is 31.7. The topological polar surface area (TPSA) is 311 Å². The molecule has 0 aliphatic carbocycles. The largest absolute Gasteiger partial charge is 0.481 e. The number of nitrogens with two attached hydrogens (primary N) is 3. The summed E-state index contributed by atoms with van der Waals surface area (Å²) >= 11 is 0. The summed E-state index contributed by atoms with van der Waals surface area (Å²) in [5.74, 6) is -9.18. The predicted molar refractivity (Wildman–Crippen MR) is 117 cm³/mol. The van der Waals surface area contributed by atoms with Gasteiger partial charge in [0, 0.05) is 19.3 Å². The van der Waals surface area contributed by atoms with Crippen molar-refractivity contribution in [3.63, 3.8) is 0 Å². The van der Waals surface area contributed by atoms with Crippen LogP contribution >= 0.6 is 0 Å². The number of hydrogen-bond donors (Lipinski definition) is 9. The number of primary amides is 2. The highest BCUT2D eigenvalue weighted by Crippen LogP contribution is 2.06. The Hall–Kier alpha value is -4.28. The van der Waals surface area contributed by atoms with Crippen molar-refractivity contribution in [2.75, 3.05) is 0 Å². The molecule has 4 atom stereocenters. The van der Waals surface area contributed by atoms with Gasteiger partial charge in [0.05, 0.1) is 12.5 Å². The molecule has 0 aromatic rings. The number of nitrogens with one attached hydrogen (secondary N) is 3. The summed E-state index contributed by atoms with van der Waals surface area (Å²) in [5, 5.41) is 33.1. The van der Waals surface area contributed by atoms with Crippen LogP contribution in [-0.2, 0) is 38.4 Å². The molecule has 17 heteroatoms. The van der Waals surface area contributed by atoms with Crippen LogP contribution in [0.5, 0.6) is 0 Å². The van der Waals surface area contributed by atoms with Gasteiger partial charge in [0.25, 0.3) is 0 Å². The second-order valence-corrected chi connectivity index (χ2v) is 7.67. The van der Waals surface area contributed by atoms with Crippen molar-refractivity contribution >= 4 is 47.4 Å². The van der Waals surface area contributed by atoms with E-state index in [1.54, 1.807) is 0 Å². The van der Waals surface area contributed by atoms with Gasteiger partial charge < -0.3 is 48.5 Å². The summed E-state index contributed by atoms with van der Waals surface area (Å²) in [6, 6.07) is -6.26. The molecule has 17 nitrogen and oxygen atoms in total. The van der Waals surface area contributed by atoms with Crippen LogP contribution in [0.4, 0.5) is 0 Å². The molecule has 0 aliphatic heterocycles. The summed E-state index contributed by atoms with van der Waals surface area (Å²) in [6.07, 6.45) is -3.43. The molecule has 0 saturated heterocycles. The average molecular weight is 518 g/mol. The van der Waals surface area contributed by atoms with Gasteiger partial charge in [-0.3, -0.25) is 33.6 Å². The lowest BCUT2D eigenvalue weighted by Crippen LogP contribution is -2.57. The molecular weight excluding hydrogens is 488 g/mol. The Morgan fingerprint density at radius 1 is 0.583 bits per heavy atom. The molecule has 36 heavy (non-hydrogen) atoms. The molecule has 0 fully saturated rings. The molecule has 0 spiro atoms. The highest BCUT2D eigenvalue weighted by atomic mass is 16.4. The normalized spacial score (nSPS) is 13.8. The van der Waals surface area contributed by atoms with Crippen LogP contribution in [-0.4, -0.2) is 86.9 Å². The van der Waals surface area contributed by atoms with E-state index in [2.05, 4.69) is 16.0 Å². The summed E-state index contributed by atoms with van der Waals surface area (Å²) < 4.78 is 0. The molecule has 0 aliphatic rings. The van der Waals surface area contributed by atoms with E-state index in [0.29, 0.717) is 0 Å². The maximum atomic E-state index is 12.8. The molecule has 4 unspecified atom stereocenters. The molecule has 0 rings (SSSR count). The molecule has 0 aromatic heterocycles. The lowest BCUT2D eigenvalue weighted by molar-refractivity contribution is -0.143. The molecular formula is C19H30N6O11. The smallest absolute Gasteiger partial charge is 0.326 e.